The molecule has 2 heterocycles. The smallest absolute Gasteiger partial charge is 0.354 e. The van der Waals surface area contributed by atoms with E-state index in [0.717, 1.165) is 21.5 Å². The van der Waals surface area contributed by atoms with Gasteiger partial charge in [0.1, 0.15) is 15.5 Å². The van der Waals surface area contributed by atoms with Gasteiger partial charge in [-0.2, -0.15) is 5.26 Å². The fraction of sp³-hybridized carbons (Fsp3) is 0.222. The van der Waals surface area contributed by atoms with E-state index in [4.69, 9.17) is 14.7 Å². The zero-order valence-corrected chi connectivity index (χ0v) is 15.0. The predicted octanol–water partition coefficient (Wildman–Crippen LogP) is 3.72. The molecule has 0 unspecified atom stereocenters. The van der Waals surface area contributed by atoms with Crippen molar-refractivity contribution in [2.75, 3.05) is 7.11 Å². The lowest BCUT2D eigenvalue weighted by Gasteiger charge is -2.09. The van der Waals surface area contributed by atoms with Gasteiger partial charge in [-0.1, -0.05) is 0 Å². The number of nitriles is 1. The Labute approximate surface area is 148 Å². The molecule has 7 heteroatoms. The van der Waals surface area contributed by atoms with Gasteiger partial charge in [-0.3, -0.25) is 0 Å². The molecule has 1 aromatic carbocycles. The molecule has 0 saturated heterocycles. The SMILES string of the molecule is COc1cc(C#N)ccc1OC(=O)c1sc2nc(C)nc(C)c2c1C. The van der Waals surface area contributed by atoms with Gasteiger partial charge < -0.3 is 9.47 Å². The fourth-order valence-electron chi connectivity index (χ4n) is 2.64. The maximum absolute atomic E-state index is 12.6. The van der Waals surface area contributed by atoms with Gasteiger partial charge in [-0.25, -0.2) is 14.8 Å². The first-order chi connectivity index (χ1) is 11.9. The van der Waals surface area contributed by atoms with Crippen molar-refractivity contribution in [3.8, 4) is 17.6 Å². The summed E-state index contributed by atoms with van der Waals surface area (Å²) in [4.78, 5) is 22.6. The second-order valence-electron chi connectivity index (χ2n) is 5.46. The molecule has 6 nitrogen and oxygen atoms in total. The van der Waals surface area contributed by atoms with Crippen molar-refractivity contribution < 1.29 is 14.3 Å². The average Bonchev–Trinajstić information content (AvgIpc) is 2.91. The van der Waals surface area contributed by atoms with Crippen LogP contribution in [0.3, 0.4) is 0 Å². The van der Waals surface area contributed by atoms with E-state index in [2.05, 4.69) is 9.97 Å². The first kappa shape index (κ1) is 16.9. The standard InChI is InChI=1S/C18H15N3O3S/c1-9-15-10(2)20-11(3)21-17(15)25-16(9)18(22)24-13-6-5-12(8-19)7-14(13)23-4/h5-7H,1-4H3. The van der Waals surface area contributed by atoms with Gasteiger partial charge in [-0.05, 0) is 38.5 Å². The number of carbonyl (C=O) groups excluding carboxylic acids is 1. The number of carbonyl (C=O) groups is 1. The van der Waals surface area contributed by atoms with E-state index >= 15 is 0 Å². The highest BCUT2D eigenvalue weighted by Crippen LogP contribution is 2.34. The molecule has 3 rings (SSSR count). The molecule has 126 valence electrons. The van der Waals surface area contributed by atoms with Gasteiger partial charge in [-0.15, -0.1) is 11.3 Å². The number of hydrogen-bond acceptors (Lipinski definition) is 7. The van der Waals surface area contributed by atoms with Crippen molar-refractivity contribution >= 4 is 27.5 Å². The highest BCUT2D eigenvalue weighted by atomic mass is 32.1. The molecule has 0 aliphatic carbocycles. The summed E-state index contributed by atoms with van der Waals surface area (Å²) in [7, 11) is 1.46. The van der Waals surface area contributed by atoms with E-state index in [9.17, 15) is 4.79 Å². The Morgan fingerprint density at radius 3 is 2.64 bits per heavy atom. The van der Waals surface area contributed by atoms with Gasteiger partial charge in [0, 0.05) is 17.1 Å². The Balaban J connectivity index is 2.00. The van der Waals surface area contributed by atoms with Crippen molar-refractivity contribution in [3.63, 3.8) is 0 Å². The Morgan fingerprint density at radius 1 is 1.20 bits per heavy atom. The monoisotopic (exact) mass is 353 g/mol. The Kier molecular flexibility index (Phi) is 4.38. The summed E-state index contributed by atoms with van der Waals surface area (Å²) < 4.78 is 10.7. The van der Waals surface area contributed by atoms with Gasteiger partial charge in [0.25, 0.3) is 0 Å². The number of rotatable bonds is 3. The molecular formula is C18H15N3O3S. The maximum Gasteiger partial charge on any atom is 0.354 e. The number of fused-ring (bicyclic) bond motifs is 1. The molecule has 3 aromatic rings. The second-order valence-corrected chi connectivity index (χ2v) is 6.46. The number of esters is 1. The first-order valence-electron chi connectivity index (χ1n) is 7.49. The summed E-state index contributed by atoms with van der Waals surface area (Å²) in [6.45, 7) is 5.58. The number of thiophene rings is 1. The number of nitrogens with zero attached hydrogens (tertiary/aromatic N) is 3. The Morgan fingerprint density at radius 2 is 1.96 bits per heavy atom. The fourth-order valence-corrected chi connectivity index (χ4v) is 3.79. The van der Waals surface area contributed by atoms with E-state index in [1.165, 1.54) is 24.5 Å². The molecule has 2 aromatic heterocycles. The minimum Gasteiger partial charge on any atom is -0.493 e. The number of methoxy groups -OCH3 is 1. The number of aromatic nitrogens is 2. The molecule has 0 aliphatic heterocycles. The zero-order valence-electron chi connectivity index (χ0n) is 14.2. The molecule has 0 saturated carbocycles. The number of aryl methyl sites for hydroxylation is 3. The lowest BCUT2D eigenvalue weighted by atomic mass is 10.1. The van der Waals surface area contributed by atoms with Crippen molar-refractivity contribution in [1.82, 2.24) is 9.97 Å². The van der Waals surface area contributed by atoms with Gasteiger partial charge in [0.2, 0.25) is 0 Å². The van der Waals surface area contributed by atoms with Crippen molar-refractivity contribution in [1.29, 1.82) is 5.26 Å². The van der Waals surface area contributed by atoms with Crippen LogP contribution in [0.4, 0.5) is 0 Å². The van der Waals surface area contributed by atoms with Gasteiger partial charge in [0.15, 0.2) is 11.5 Å². The van der Waals surface area contributed by atoms with Crippen LogP contribution in [-0.2, 0) is 0 Å². The van der Waals surface area contributed by atoms with Crippen LogP contribution < -0.4 is 9.47 Å². The lowest BCUT2D eigenvalue weighted by Crippen LogP contribution is -2.09. The van der Waals surface area contributed by atoms with Crippen molar-refractivity contribution in [2.24, 2.45) is 0 Å². The predicted molar refractivity (Wildman–Crippen MR) is 94.3 cm³/mol. The lowest BCUT2D eigenvalue weighted by molar-refractivity contribution is 0.0734. The van der Waals surface area contributed by atoms with Crippen molar-refractivity contribution in [2.45, 2.75) is 20.8 Å². The summed E-state index contributed by atoms with van der Waals surface area (Å²) in [5.74, 6) is 0.779. The van der Waals surface area contributed by atoms with Crippen LogP contribution in [0.5, 0.6) is 11.5 Å². The van der Waals surface area contributed by atoms with Crippen LogP contribution >= 0.6 is 11.3 Å². The summed E-state index contributed by atoms with van der Waals surface area (Å²) in [5.41, 5.74) is 2.07. The quantitative estimate of drug-likeness (QED) is 0.527. The molecule has 0 bridgehead atoms. The minimum atomic E-state index is -0.486. The van der Waals surface area contributed by atoms with E-state index < -0.39 is 5.97 Å². The Bertz CT molecular complexity index is 1030. The third-order valence-corrected chi connectivity index (χ3v) is 4.93. The van der Waals surface area contributed by atoms with Crippen LogP contribution in [0, 0.1) is 32.1 Å². The molecular weight excluding hydrogens is 338 g/mol. The van der Waals surface area contributed by atoms with Gasteiger partial charge >= 0.3 is 5.97 Å². The molecule has 0 atom stereocenters. The number of ether oxygens (including phenoxy) is 2. The van der Waals surface area contributed by atoms with Crippen molar-refractivity contribution in [3.05, 3.63) is 45.7 Å². The van der Waals surface area contributed by atoms with Crippen LogP contribution in [0.15, 0.2) is 18.2 Å². The first-order valence-corrected chi connectivity index (χ1v) is 8.31. The largest absolute Gasteiger partial charge is 0.493 e. The normalized spacial score (nSPS) is 10.5. The van der Waals surface area contributed by atoms with E-state index in [0.29, 0.717) is 22.0 Å². The molecule has 0 amide bonds. The molecule has 0 radical (unpaired) electrons. The van der Waals surface area contributed by atoms with E-state index in [1.807, 2.05) is 26.8 Å². The summed E-state index contributed by atoms with van der Waals surface area (Å²) in [6, 6.07) is 6.67. The average molecular weight is 353 g/mol. The zero-order chi connectivity index (χ0) is 18.1. The molecule has 0 fully saturated rings. The molecule has 0 spiro atoms. The topological polar surface area (TPSA) is 85.1 Å². The van der Waals surface area contributed by atoms with Crippen LogP contribution in [-0.4, -0.2) is 23.0 Å². The highest BCUT2D eigenvalue weighted by molar-refractivity contribution is 7.20. The summed E-state index contributed by atoms with van der Waals surface area (Å²) in [5, 5.41) is 9.83. The van der Waals surface area contributed by atoms with Crippen LogP contribution in [0.2, 0.25) is 0 Å². The van der Waals surface area contributed by atoms with Crippen LogP contribution in [0.1, 0.15) is 32.3 Å². The second kappa shape index (κ2) is 6.49. The summed E-state index contributed by atoms with van der Waals surface area (Å²) in [6.07, 6.45) is 0. The Hall–Kier alpha value is -2.98. The van der Waals surface area contributed by atoms with Crippen LogP contribution in [0.25, 0.3) is 10.2 Å². The third-order valence-electron chi connectivity index (χ3n) is 3.76. The third kappa shape index (κ3) is 3.04. The molecule has 0 N–H and O–H groups in total. The highest BCUT2D eigenvalue weighted by Gasteiger charge is 2.21. The van der Waals surface area contributed by atoms with Gasteiger partial charge in [0.05, 0.1) is 18.7 Å². The minimum absolute atomic E-state index is 0.266. The molecule has 0 aliphatic rings. The van der Waals surface area contributed by atoms with E-state index in [1.54, 1.807) is 12.1 Å². The number of hydrogen-bond donors (Lipinski definition) is 0. The molecule has 25 heavy (non-hydrogen) atoms. The summed E-state index contributed by atoms with van der Waals surface area (Å²) >= 11 is 1.28. The number of benzene rings is 1. The maximum atomic E-state index is 12.6. The van der Waals surface area contributed by atoms with E-state index in [-0.39, 0.29) is 5.75 Å².